The van der Waals surface area contributed by atoms with Gasteiger partial charge in [0, 0.05) is 12.1 Å². The normalized spacial score (nSPS) is 11.2. The van der Waals surface area contributed by atoms with E-state index < -0.39 is 0 Å². The monoisotopic (exact) mass is 525 g/mol. The summed E-state index contributed by atoms with van der Waals surface area (Å²) in [6.45, 7) is 8.02. The van der Waals surface area contributed by atoms with Gasteiger partial charge >= 0.3 is 0 Å². The van der Waals surface area contributed by atoms with Crippen molar-refractivity contribution in [2.45, 2.75) is 58.8 Å². The van der Waals surface area contributed by atoms with Gasteiger partial charge in [-0.1, -0.05) is 51.7 Å². The minimum Gasteiger partial charge on any atom is -0.493 e. The lowest BCUT2D eigenvalue weighted by Gasteiger charge is -2.22. The van der Waals surface area contributed by atoms with Gasteiger partial charge in [0.1, 0.15) is 5.58 Å². The maximum Gasteiger partial charge on any atom is 0.235 e. The molecule has 0 aliphatic heterocycles. The molecule has 0 saturated heterocycles. The Morgan fingerprint density at radius 2 is 1.37 bits per heavy atom. The number of benzene rings is 2. The van der Waals surface area contributed by atoms with E-state index in [1.165, 1.54) is 38.5 Å². The zero-order chi connectivity index (χ0) is 27.3. The van der Waals surface area contributed by atoms with Crippen molar-refractivity contribution in [3.05, 3.63) is 46.6 Å². The predicted molar refractivity (Wildman–Crippen MR) is 153 cm³/mol. The van der Waals surface area contributed by atoms with Gasteiger partial charge in [-0.25, -0.2) is 0 Å². The first-order valence-electron chi connectivity index (χ1n) is 13.8. The molecular weight excluding hydrogens is 482 g/mol. The molecule has 0 spiro atoms. The summed E-state index contributed by atoms with van der Waals surface area (Å²) in [4.78, 5) is 16.1. The van der Waals surface area contributed by atoms with E-state index in [1.807, 2.05) is 12.1 Å². The van der Waals surface area contributed by atoms with E-state index in [1.54, 1.807) is 45.6 Å². The van der Waals surface area contributed by atoms with Crippen LogP contribution in [-0.2, 0) is 0 Å². The topological polar surface area (TPSA) is 70.4 Å². The number of hydrogen-bond donors (Lipinski definition) is 0. The Kier molecular flexibility index (Phi) is 11.8. The van der Waals surface area contributed by atoms with E-state index in [0.717, 1.165) is 26.1 Å². The molecule has 0 aliphatic carbocycles. The van der Waals surface area contributed by atoms with E-state index in [2.05, 4.69) is 18.7 Å². The van der Waals surface area contributed by atoms with Crippen LogP contribution >= 0.6 is 0 Å². The van der Waals surface area contributed by atoms with E-state index >= 15 is 0 Å². The largest absolute Gasteiger partial charge is 0.493 e. The molecule has 38 heavy (non-hydrogen) atoms. The van der Waals surface area contributed by atoms with Crippen LogP contribution in [-0.4, -0.2) is 52.5 Å². The minimum atomic E-state index is -0.196. The molecule has 1 aromatic heterocycles. The van der Waals surface area contributed by atoms with Crippen LogP contribution in [0, 0.1) is 0 Å². The second kappa shape index (κ2) is 15.3. The fraction of sp³-hybridized carbons (Fsp3) is 0.516. The van der Waals surface area contributed by atoms with Crippen LogP contribution in [0.25, 0.3) is 22.3 Å². The van der Waals surface area contributed by atoms with Crippen molar-refractivity contribution in [2.75, 3.05) is 47.6 Å². The third-order valence-corrected chi connectivity index (χ3v) is 6.70. The van der Waals surface area contributed by atoms with Crippen molar-refractivity contribution in [3.8, 4) is 34.3 Å². The van der Waals surface area contributed by atoms with Gasteiger partial charge in [-0.05, 0) is 56.6 Å². The Labute approximate surface area is 226 Å². The summed E-state index contributed by atoms with van der Waals surface area (Å²) in [6, 6.07) is 10.8. The summed E-state index contributed by atoms with van der Waals surface area (Å²) in [5.41, 5.74) is 0.906. The average molecular weight is 526 g/mol. The second-order valence-electron chi connectivity index (χ2n) is 9.46. The maximum absolute atomic E-state index is 13.5. The molecular formula is C31H43NO6. The molecule has 0 atom stereocenters. The fourth-order valence-electron chi connectivity index (χ4n) is 4.63. The lowest BCUT2D eigenvalue weighted by atomic mass is 10.1. The Morgan fingerprint density at radius 1 is 0.763 bits per heavy atom. The molecule has 0 radical (unpaired) electrons. The van der Waals surface area contributed by atoms with Crippen molar-refractivity contribution < 1.29 is 23.4 Å². The van der Waals surface area contributed by atoms with Gasteiger partial charge in [-0.3, -0.25) is 4.79 Å². The van der Waals surface area contributed by atoms with Crippen molar-refractivity contribution in [2.24, 2.45) is 0 Å². The molecule has 0 aliphatic rings. The first-order chi connectivity index (χ1) is 18.6. The molecule has 7 nitrogen and oxygen atoms in total. The van der Waals surface area contributed by atoms with E-state index in [0.29, 0.717) is 46.1 Å². The molecule has 3 rings (SSSR count). The summed E-state index contributed by atoms with van der Waals surface area (Å²) in [7, 11) is 4.67. The van der Waals surface area contributed by atoms with Crippen LogP contribution in [0.1, 0.15) is 58.8 Å². The summed E-state index contributed by atoms with van der Waals surface area (Å²) in [5, 5.41) is 0.486. The smallest absolute Gasteiger partial charge is 0.235 e. The molecule has 0 unspecified atom stereocenters. The molecule has 0 N–H and O–H groups in total. The molecule has 7 heteroatoms. The molecule has 208 valence electrons. The van der Waals surface area contributed by atoms with Gasteiger partial charge in [0.2, 0.25) is 16.9 Å². The summed E-state index contributed by atoms with van der Waals surface area (Å²) < 4.78 is 29.0. The number of rotatable bonds is 17. The van der Waals surface area contributed by atoms with Crippen LogP contribution in [0.4, 0.5) is 0 Å². The quantitative estimate of drug-likeness (QED) is 0.177. The van der Waals surface area contributed by atoms with Crippen molar-refractivity contribution in [3.63, 3.8) is 0 Å². The molecule has 0 saturated carbocycles. The van der Waals surface area contributed by atoms with E-state index in [-0.39, 0.29) is 11.2 Å². The van der Waals surface area contributed by atoms with E-state index in [4.69, 9.17) is 23.4 Å². The lowest BCUT2D eigenvalue weighted by molar-refractivity contribution is 0.225. The summed E-state index contributed by atoms with van der Waals surface area (Å²) in [6.07, 6.45) is 8.17. The zero-order valence-corrected chi connectivity index (χ0v) is 23.6. The van der Waals surface area contributed by atoms with Crippen LogP contribution in [0.3, 0.4) is 0 Å². The highest BCUT2D eigenvalue weighted by atomic mass is 16.5. The SMILES string of the molecule is CCCCCN(CCCCC)CCCOc1c(-c2cc(OC)c(OC)c(OC)c2)oc2ccccc2c1=O. The number of para-hydroxylation sites is 1. The Morgan fingerprint density at radius 3 is 1.95 bits per heavy atom. The molecule has 0 amide bonds. The molecule has 0 fully saturated rings. The van der Waals surface area contributed by atoms with Crippen molar-refractivity contribution >= 4 is 11.0 Å². The van der Waals surface area contributed by atoms with Crippen LogP contribution in [0.5, 0.6) is 23.0 Å². The van der Waals surface area contributed by atoms with Gasteiger partial charge in [0.25, 0.3) is 0 Å². The number of fused-ring (bicyclic) bond motifs is 1. The first kappa shape index (κ1) is 29.4. The zero-order valence-electron chi connectivity index (χ0n) is 23.6. The van der Waals surface area contributed by atoms with Gasteiger partial charge in [0.05, 0.1) is 33.3 Å². The first-order valence-corrected chi connectivity index (χ1v) is 13.8. The highest BCUT2D eigenvalue weighted by molar-refractivity contribution is 5.82. The van der Waals surface area contributed by atoms with Crippen molar-refractivity contribution in [1.82, 2.24) is 4.90 Å². The number of unbranched alkanes of at least 4 members (excludes halogenated alkanes) is 4. The van der Waals surface area contributed by atoms with Gasteiger partial charge < -0.3 is 28.3 Å². The van der Waals surface area contributed by atoms with Crippen LogP contribution in [0.2, 0.25) is 0 Å². The summed E-state index contributed by atoms with van der Waals surface area (Å²) >= 11 is 0. The number of methoxy groups -OCH3 is 3. The summed E-state index contributed by atoms with van der Waals surface area (Å²) in [5.74, 6) is 1.95. The van der Waals surface area contributed by atoms with Gasteiger partial charge in [-0.2, -0.15) is 0 Å². The third kappa shape index (κ3) is 7.44. The molecule has 3 aromatic rings. The Bertz CT molecular complexity index is 1170. The van der Waals surface area contributed by atoms with E-state index in [9.17, 15) is 4.79 Å². The number of ether oxygens (including phenoxy) is 4. The standard InChI is InChI=1S/C31H43NO6/c1-6-8-12-17-32(18-13-9-7-2)19-14-20-37-31-28(33)24-15-10-11-16-25(24)38-29(31)23-21-26(34-3)30(36-5)27(22-23)35-4/h10-11,15-16,21-22H,6-9,12-14,17-20H2,1-5H3. The van der Waals surface area contributed by atoms with Gasteiger partial charge in [-0.15, -0.1) is 0 Å². The predicted octanol–water partition coefficient (Wildman–Crippen LogP) is 6.94. The average Bonchev–Trinajstić information content (AvgIpc) is 2.95. The van der Waals surface area contributed by atoms with Crippen LogP contribution < -0.4 is 24.4 Å². The lowest BCUT2D eigenvalue weighted by Crippen LogP contribution is -2.28. The van der Waals surface area contributed by atoms with Crippen LogP contribution in [0.15, 0.2) is 45.6 Å². The maximum atomic E-state index is 13.5. The fourth-order valence-corrected chi connectivity index (χ4v) is 4.63. The molecule has 1 heterocycles. The highest BCUT2D eigenvalue weighted by Crippen LogP contribution is 2.43. The Balaban J connectivity index is 1.88. The number of nitrogens with zero attached hydrogens (tertiary/aromatic N) is 1. The number of hydrogen-bond acceptors (Lipinski definition) is 7. The molecule has 2 aromatic carbocycles. The minimum absolute atomic E-state index is 0.196. The van der Waals surface area contributed by atoms with Gasteiger partial charge in [0.15, 0.2) is 17.3 Å². The van der Waals surface area contributed by atoms with Crippen molar-refractivity contribution in [1.29, 1.82) is 0 Å². The second-order valence-corrected chi connectivity index (χ2v) is 9.46. The highest BCUT2D eigenvalue weighted by Gasteiger charge is 2.22. The third-order valence-electron chi connectivity index (χ3n) is 6.70. The molecule has 0 bridgehead atoms. The Hall–Kier alpha value is -3.19.